The van der Waals surface area contributed by atoms with E-state index in [1.807, 2.05) is 67.6 Å². The molecule has 0 aromatic heterocycles. The topological polar surface area (TPSA) is 67.4 Å². The number of ether oxygens (including phenoxy) is 1. The molecule has 0 aliphatic heterocycles. The van der Waals surface area contributed by atoms with E-state index in [1.165, 1.54) is 19.3 Å². The van der Waals surface area contributed by atoms with Crippen molar-refractivity contribution in [2.45, 2.75) is 46.1 Å². The summed E-state index contributed by atoms with van der Waals surface area (Å²) >= 11 is 0. The Labute approximate surface area is 230 Å². The lowest BCUT2D eigenvalue weighted by Gasteiger charge is -2.24. The van der Waals surface area contributed by atoms with Gasteiger partial charge in [-0.25, -0.2) is 0 Å². The minimum Gasteiger partial charge on any atom is -0.377 e. The van der Waals surface area contributed by atoms with Crippen molar-refractivity contribution in [3.8, 4) is 0 Å². The Bertz CT molecular complexity index is 1470. The molecule has 0 amide bonds. The summed E-state index contributed by atoms with van der Waals surface area (Å²) in [5.74, 6) is -0.326. The standard InChI is InChI=1S/C34H34N2O3/c1-3-4-5-8-21-39-22-24-13-17-26(18-14-24)36-30-20-19-29(35-25-15-11-23(2)12-16-25)31-32(30)34(38)28-10-7-6-9-27(28)33(31)37/h6-7,9-20,35-36H,3-5,8,21-22H2,1-2H3. The van der Waals surface area contributed by atoms with Gasteiger partial charge in [0.1, 0.15) is 0 Å². The normalized spacial score (nSPS) is 12.2. The number of ketones is 2. The van der Waals surface area contributed by atoms with E-state index in [4.69, 9.17) is 4.74 Å². The van der Waals surface area contributed by atoms with Crippen molar-refractivity contribution in [2.75, 3.05) is 17.2 Å². The van der Waals surface area contributed by atoms with Crippen molar-refractivity contribution < 1.29 is 14.3 Å². The summed E-state index contributed by atoms with van der Waals surface area (Å²) in [6, 6.07) is 26.7. The zero-order valence-corrected chi connectivity index (χ0v) is 22.6. The van der Waals surface area contributed by atoms with Crippen LogP contribution in [0, 0.1) is 6.92 Å². The molecule has 0 bridgehead atoms. The number of rotatable bonds is 11. The van der Waals surface area contributed by atoms with Crippen LogP contribution >= 0.6 is 0 Å². The first-order chi connectivity index (χ1) is 19.0. The Morgan fingerprint density at radius 3 is 1.72 bits per heavy atom. The Morgan fingerprint density at radius 1 is 0.641 bits per heavy atom. The van der Waals surface area contributed by atoms with Gasteiger partial charge in [-0.05, 0) is 55.3 Å². The van der Waals surface area contributed by atoms with Crippen LogP contribution in [0.2, 0.25) is 0 Å². The number of carbonyl (C=O) groups is 2. The van der Waals surface area contributed by atoms with Crippen LogP contribution in [0.25, 0.3) is 0 Å². The molecule has 0 saturated carbocycles. The molecule has 0 unspecified atom stereocenters. The Hall–Kier alpha value is -4.22. The van der Waals surface area contributed by atoms with Crippen molar-refractivity contribution in [3.63, 3.8) is 0 Å². The van der Waals surface area contributed by atoms with Crippen molar-refractivity contribution in [3.05, 3.63) is 118 Å². The second kappa shape index (κ2) is 12.1. The first-order valence-corrected chi connectivity index (χ1v) is 13.7. The first-order valence-electron chi connectivity index (χ1n) is 13.7. The SMILES string of the molecule is CCCCCCOCc1ccc(Nc2ccc(Nc3ccc(C)cc3)c3c2C(=O)c2ccccc2C3=O)cc1. The highest BCUT2D eigenvalue weighted by Gasteiger charge is 2.34. The van der Waals surface area contributed by atoms with Gasteiger partial charge >= 0.3 is 0 Å². The fraction of sp³-hybridized carbons (Fsp3) is 0.235. The van der Waals surface area contributed by atoms with Crippen LogP contribution in [0.5, 0.6) is 0 Å². The monoisotopic (exact) mass is 518 g/mol. The van der Waals surface area contributed by atoms with Gasteiger partial charge in [0, 0.05) is 29.1 Å². The Kier molecular flexibility index (Phi) is 8.18. The molecule has 1 aliphatic carbocycles. The molecule has 1 aliphatic rings. The summed E-state index contributed by atoms with van der Waals surface area (Å²) in [6.45, 7) is 5.58. The lowest BCUT2D eigenvalue weighted by Crippen LogP contribution is -2.23. The molecule has 39 heavy (non-hydrogen) atoms. The lowest BCUT2D eigenvalue weighted by molar-refractivity contribution is 0.0980. The number of hydrogen-bond donors (Lipinski definition) is 2. The maximum absolute atomic E-state index is 13.7. The van der Waals surface area contributed by atoms with Crippen LogP contribution < -0.4 is 10.6 Å². The molecule has 0 radical (unpaired) electrons. The predicted octanol–water partition coefficient (Wildman–Crippen LogP) is 8.35. The highest BCUT2D eigenvalue weighted by molar-refractivity contribution is 6.32. The molecule has 0 saturated heterocycles. The predicted molar refractivity (Wildman–Crippen MR) is 158 cm³/mol. The van der Waals surface area contributed by atoms with E-state index >= 15 is 0 Å². The van der Waals surface area contributed by atoms with Gasteiger partial charge in [-0.3, -0.25) is 9.59 Å². The third-order valence-electron chi connectivity index (χ3n) is 7.05. The van der Waals surface area contributed by atoms with Crippen LogP contribution in [0.15, 0.2) is 84.9 Å². The third-order valence-corrected chi connectivity index (χ3v) is 7.05. The molecule has 0 atom stereocenters. The van der Waals surface area contributed by atoms with Crippen LogP contribution in [-0.2, 0) is 11.3 Å². The van der Waals surface area contributed by atoms with Crippen LogP contribution in [0.1, 0.15) is 75.6 Å². The third kappa shape index (κ3) is 5.94. The van der Waals surface area contributed by atoms with Gasteiger partial charge in [-0.15, -0.1) is 0 Å². The number of anilines is 4. The fourth-order valence-corrected chi connectivity index (χ4v) is 4.88. The number of aryl methyl sites for hydroxylation is 1. The number of fused-ring (bicyclic) bond motifs is 2. The summed E-state index contributed by atoms with van der Waals surface area (Å²) in [5, 5.41) is 6.75. The van der Waals surface area contributed by atoms with Crippen LogP contribution in [-0.4, -0.2) is 18.2 Å². The quantitative estimate of drug-likeness (QED) is 0.172. The zero-order valence-electron chi connectivity index (χ0n) is 22.6. The first kappa shape index (κ1) is 26.4. The Morgan fingerprint density at radius 2 is 1.18 bits per heavy atom. The molecule has 5 rings (SSSR count). The fourth-order valence-electron chi connectivity index (χ4n) is 4.88. The average Bonchev–Trinajstić information content (AvgIpc) is 2.96. The largest absolute Gasteiger partial charge is 0.377 e. The number of unbranched alkanes of at least 4 members (excludes halogenated alkanes) is 3. The number of benzene rings is 4. The van der Waals surface area contributed by atoms with Crippen LogP contribution in [0.3, 0.4) is 0 Å². The molecular weight excluding hydrogens is 484 g/mol. The lowest BCUT2D eigenvalue weighted by atomic mass is 9.82. The average molecular weight is 519 g/mol. The second-order valence-electron chi connectivity index (χ2n) is 10.0. The minimum absolute atomic E-state index is 0.162. The summed E-state index contributed by atoms with van der Waals surface area (Å²) in [7, 11) is 0. The van der Waals surface area contributed by atoms with Gasteiger partial charge in [0.25, 0.3) is 0 Å². The van der Waals surface area contributed by atoms with E-state index in [0.29, 0.717) is 40.2 Å². The van der Waals surface area contributed by atoms with Crippen molar-refractivity contribution in [1.82, 2.24) is 0 Å². The van der Waals surface area contributed by atoms with E-state index in [-0.39, 0.29) is 11.6 Å². The maximum Gasteiger partial charge on any atom is 0.196 e. The molecule has 5 heteroatoms. The maximum atomic E-state index is 13.7. The van der Waals surface area contributed by atoms with Crippen molar-refractivity contribution in [1.29, 1.82) is 0 Å². The molecule has 4 aromatic rings. The highest BCUT2D eigenvalue weighted by Crippen LogP contribution is 2.38. The molecule has 0 fully saturated rings. The van der Waals surface area contributed by atoms with Gasteiger partial charge in [0.15, 0.2) is 11.6 Å². The molecule has 5 nitrogen and oxygen atoms in total. The molecule has 0 heterocycles. The molecule has 2 N–H and O–H groups in total. The van der Waals surface area contributed by atoms with Gasteiger partial charge in [-0.2, -0.15) is 0 Å². The summed E-state index contributed by atoms with van der Waals surface area (Å²) < 4.78 is 5.82. The van der Waals surface area contributed by atoms with Gasteiger partial charge in [0.2, 0.25) is 0 Å². The molecule has 4 aromatic carbocycles. The van der Waals surface area contributed by atoms with Crippen molar-refractivity contribution >= 4 is 34.3 Å². The van der Waals surface area contributed by atoms with Gasteiger partial charge in [0.05, 0.1) is 29.1 Å². The number of nitrogens with one attached hydrogen (secondary N) is 2. The molecular formula is C34H34N2O3. The van der Waals surface area contributed by atoms with E-state index in [2.05, 4.69) is 17.6 Å². The van der Waals surface area contributed by atoms with E-state index in [1.54, 1.807) is 24.3 Å². The zero-order chi connectivity index (χ0) is 27.2. The van der Waals surface area contributed by atoms with Crippen molar-refractivity contribution in [2.24, 2.45) is 0 Å². The van der Waals surface area contributed by atoms with E-state index in [0.717, 1.165) is 35.5 Å². The van der Waals surface area contributed by atoms with E-state index < -0.39 is 0 Å². The smallest absolute Gasteiger partial charge is 0.196 e. The summed E-state index contributed by atoms with van der Waals surface area (Å²) in [6.07, 6.45) is 4.75. The van der Waals surface area contributed by atoms with Gasteiger partial charge < -0.3 is 15.4 Å². The number of hydrogen-bond acceptors (Lipinski definition) is 5. The van der Waals surface area contributed by atoms with Crippen LogP contribution in [0.4, 0.5) is 22.7 Å². The van der Waals surface area contributed by atoms with Gasteiger partial charge in [-0.1, -0.05) is 80.3 Å². The number of carbonyl (C=O) groups excluding carboxylic acids is 2. The summed E-state index contributed by atoms with van der Waals surface area (Å²) in [4.78, 5) is 27.5. The molecule has 198 valence electrons. The highest BCUT2D eigenvalue weighted by atomic mass is 16.5. The minimum atomic E-state index is -0.164. The summed E-state index contributed by atoms with van der Waals surface area (Å²) in [5.41, 5.74) is 6.77. The molecule has 0 spiro atoms. The second-order valence-corrected chi connectivity index (χ2v) is 10.0. The van der Waals surface area contributed by atoms with E-state index in [9.17, 15) is 9.59 Å². The Balaban J connectivity index is 1.41.